The highest BCUT2D eigenvalue weighted by molar-refractivity contribution is 5.99. The van der Waals surface area contributed by atoms with E-state index in [0.29, 0.717) is 12.4 Å². The number of piperazine rings is 1. The fourth-order valence-electron chi connectivity index (χ4n) is 5.30. The summed E-state index contributed by atoms with van der Waals surface area (Å²) < 4.78 is 11.4. The molecule has 144 valence electrons. The van der Waals surface area contributed by atoms with Crippen LogP contribution < -0.4 is 14.8 Å². The van der Waals surface area contributed by atoms with Gasteiger partial charge in [0.05, 0.1) is 26.3 Å². The summed E-state index contributed by atoms with van der Waals surface area (Å²) >= 11 is 0. The van der Waals surface area contributed by atoms with Gasteiger partial charge in [-0.3, -0.25) is 9.59 Å². The molecule has 0 unspecified atom stereocenters. The molecule has 5 rings (SSSR count). The molecular weight excluding hydrogens is 356 g/mol. The van der Waals surface area contributed by atoms with Crippen molar-refractivity contribution in [3.05, 3.63) is 59.7 Å². The second-order valence-corrected chi connectivity index (χ2v) is 7.81. The van der Waals surface area contributed by atoms with Crippen LogP contribution >= 0.6 is 0 Å². The van der Waals surface area contributed by atoms with Gasteiger partial charge in [-0.15, -0.1) is 0 Å². The number of nitrogens with one attached hydrogen (secondary N) is 1. The molecule has 2 amide bonds. The lowest BCUT2D eigenvalue weighted by Crippen LogP contribution is -2.64. The van der Waals surface area contributed by atoms with Gasteiger partial charge in [-0.2, -0.15) is 0 Å². The monoisotopic (exact) mass is 378 g/mol. The SMILES string of the molecule is COc1ccc2c(c1)OC[C@H]1[C@@H]2N2C(=O)CNC(=O)[C@@]2(C)[C@H]1c1ccccc1. The molecule has 0 bridgehead atoms. The normalized spacial score (nSPS) is 30.6. The summed E-state index contributed by atoms with van der Waals surface area (Å²) in [5.41, 5.74) is 1.02. The van der Waals surface area contributed by atoms with Crippen LogP contribution in [0.5, 0.6) is 11.5 Å². The van der Waals surface area contributed by atoms with Crippen molar-refractivity contribution in [1.29, 1.82) is 0 Å². The van der Waals surface area contributed by atoms with Gasteiger partial charge in [-0.05, 0) is 24.6 Å². The van der Waals surface area contributed by atoms with Gasteiger partial charge in [0.1, 0.15) is 17.0 Å². The molecule has 0 aromatic heterocycles. The highest BCUT2D eigenvalue weighted by atomic mass is 16.5. The van der Waals surface area contributed by atoms with E-state index in [9.17, 15) is 9.59 Å². The first-order chi connectivity index (χ1) is 13.6. The number of methoxy groups -OCH3 is 1. The van der Waals surface area contributed by atoms with Gasteiger partial charge in [0.2, 0.25) is 11.8 Å². The van der Waals surface area contributed by atoms with E-state index in [1.807, 2.05) is 60.4 Å². The molecule has 1 N–H and O–H groups in total. The number of rotatable bonds is 2. The van der Waals surface area contributed by atoms with Crippen LogP contribution in [0.1, 0.15) is 30.0 Å². The van der Waals surface area contributed by atoms with Gasteiger partial charge >= 0.3 is 0 Å². The third-order valence-corrected chi connectivity index (χ3v) is 6.48. The number of carbonyl (C=O) groups is 2. The summed E-state index contributed by atoms with van der Waals surface area (Å²) in [5.74, 6) is 1.10. The molecule has 4 atom stereocenters. The van der Waals surface area contributed by atoms with E-state index < -0.39 is 5.54 Å². The zero-order valence-electron chi connectivity index (χ0n) is 15.8. The van der Waals surface area contributed by atoms with Crippen molar-refractivity contribution in [1.82, 2.24) is 10.2 Å². The molecule has 2 aromatic carbocycles. The largest absolute Gasteiger partial charge is 0.497 e. The van der Waals surface area contributed by atoms with Crippen LogP contribution in [0.15, 0.2) is 48.5 Å². The number of nitrogens with zero attached hydrogens (tertiary/aromatic N) is 1. The molecule has 6 heteroatoms. The molecule has 28 heavy (non-hydrogen) atoms. The Hall–Kier alpha value is -3.02. The molecule has 2 aromatic rings. The lowest BCUT2D eigenvalue weighted by Gasteiger charge is -2.43. The van der Waals surface area contributed by atoms with Crippen molar-refractivity contribution in [2.24, 2.45) is 5.92 Å². The smallest absolute Gasteiger partial charge is 0.246 e. The molecule has 0 radical (unpaired) electrons. The second-order valence-electron chi connectivity index (χ2n) is 7.81. The van der Waals surface area contributed by atoms with E-state index in [2.05, 4.69) is 5.32 Å². The Morgan fingerprint density at radius 3 is 2.71 bits per heavy atom. The molecular formula is C22H22N2O4. The molecule has 3 aliphatic rings. The fraction of sp³-hybridized carbons (Fsp3) is 0.364. The maximum Gasteiger partial charge on any atom is 0.246 e. The lowest BCUT2D eigenvalue weighted by atomic mass is 9.73. The van der Waals surface area contributed by atoms with Gasteiger partial charge in [0, 0.05) is 23.5 Å². The van der Waals surface area contributed by atoms with E-state index in [1.165, 1.54) is 0 Å². The molecule has 2 fully saturated rings. The molecule has 6 nitrogen and oxygen atoms in total. The minimum absolute atomic E-state index is 0.0129. The van der Waals surface area contributed by atoms with Crippen LogP contribution in [0.2, 0.25) is 0 Å². The molecule has 0 saturated carbocycles. The molecule has 0 spiro atoms. The van der Waals surface area contributed by atoms with Gasteiger partial charge in [0.15, 0.2) is 0 Å². The minimum Gasteiger partial charge on any atom is -0.497 e. The number of amides is 2. The average Bonchev–Trinajstić information content (AvgIpc) is 3.01. The topological polar surface area (TPSA) is 67.9 Å². The van der Waals surface area contributed by atoms with Crippen LogP contribution in [0.25, 0.3) is 0 Å². The first kappa shape index (κ1) is 17.1. The van der Waals surface area contributed by atoms with E-state index in [-0.39, 0.29) is 36.2 Å². The zero-order chi connectivity index (χ0) is 19.5. The Kier molecular flexibility index (Phi) is 3.66. The molecule has 3 aliphatic heterocycles. The van der Waals surface area contributed by atoms with Crippen molar-refractivity contribution in [2.75, 3.05) is 20.3 Å². The average molecular weight is 378 g/mol. The second kappa shape index (κ2) is 5.99. The highest BCUT2D eigenvalue weighted by Gasteiger charge is 2.65. The summed E-state index contributed by atoms with van der Waals surface area (Å²) in [5, 5.41) is 2.80. The van der Waals surface area contributed by atoms with Crippen LogP contribution in [0.4, 0.5) is 0 Å². The van der Waals surface area contributed by atoms with Crippen molar-refractivity contribution >= 4 is 11.8 Å². The Bertz CT molecular complexity index is 960. The zero-order valence-corrected chi connectivity index (χ0v) is 15.8. The van der Waals surface area contributed by atoms with Crippen molar-refractivity contribution in [2.45, 2.75) is 24.4 Å². The lowest BCUT2D eigenvalue weighted by molar-refractivity contribution is -0.152. The van der Waals surface area contributed by atoms with E-state index in [1.54, 1.807) is 7.11 Å². The summed E-state index contributed by atoms with van der Waals surface area (Å²) in [4.78, 5) is 28.0. The quantitative estimate of drug-likeness (QED) is 0.871. The first-order valence-electron chi connectivity index (χ1n) is 9.52. The first-order valence-corrected chi connectivity index (χ1v) is 9.52. The number of fused-ring (bicyclic) bond motifs is 5. The van der Waals surface area contributed by atoms with Gasteiger partial charge in [-0.25, -0.2) is 0 Å². The minimum atomic E-state index is -0.961. The van der Waals surface area contributed by atoms with Crippen LogP contribution in [-0.4, -0.2) is 42.5 Å². The van der Waals surface area contributed by atoms with Crippen LogP contribution in [-0.2, 0) is 9.59 Å². The number of ether oxygens (including phenoxy) is 2. The molecule has 3 heterocycles. The highest BCUT2D eigenvalue weighted by Crippen LogP contribution is 2.59. The Morgan fingerprint density at radius 2 is 1.96 bits per heavy atom. The summed E-state index contributed by atoms with van der Waals surface area (Å²) in [6.07, 6.45) is 0. The summed E-state index contributed by atoms with van der Waals surface area (Å²) in [6, 6.07) is 15.5. The fourth-order valence-corrected chi connectivity index (χ4v) is 5.30. The number of carbonyl (C=O) groups excluding carboxylic acids is 2. The van der Waals surface area contributed by atoms with Crippen molar-refractivity contribution in [3.63, 3.8) is 0 Å². The van der Waals surface area contributed by atoms with E-state index in [4.69, 9.17) is 9.47 Å². The Balaban J connectivity index is 1.71. The number of benzene rings is 2. The Morgan fingerprint density at radius 1 is 1.18 bits per heavy atom. The maximum atomic E-state index is 13.1. The van der Waals surface area contributed by atoms with Gasteiger partial charge in [-0.1, -0.05) is 30.3 Å². The van der Waals surface area contributed by atoms with Crippen LogP contribution in [0, 0.1) is 5.92 Å². The molecule has 0 aliphatic carbocycles. The van der Waals surface area contributed by atoms with Gasteiger partial charge in [0.25, 0.3) is 0 Å². The number of hydrogen-bond acceptors (Lipinski definition) is 4. The predicted molar refractivity (Wildman–Crippen MR) is 102 cm³/mol. The van der Waals surface area contributed by atoms with Crippen LogP contribution in [0.3, 0.4) is 0 Å². The summed E-state index contributed by atoms with van der Waals surface area (Å²) in [7, 11) is 1.62. The summed E-state index contributed by atoms with van der Waals surface area (Å²) in [6.45, 7) is 2.36. The van der Waals surface area contributed by atoms with Gasteiger partial charge < -0.3 is 19.7 Å². The van der Waals surface area contributed by atoms with E-state index >= 15 is 0 Å². The standard InChI is InChI=1S/C22H22N2O4/c1-22-19(13-6-4-3-5-7-13)16-12-28-17-10-14(27-2)8-9-15(17)20(16)24(22)18(25)11-23-21(22)26/h3-10,16,19-20H,11-12H2,1-2H3,(H,23,26)/t16-,19+,20-,22-/m1/s1. The van der Waals surface area contributed by atoms with Crippen molar-refractivity contribution in [3.8, 4) is 11.5 Å². The Labute approximate surface area is 163 Å². The van der Waals surface area contributed by atoms with E-state index in [0.717, 1.165) is 16.9 Å². The maximum absolute atomic E-state index is 13.1. The number of hydrogen-bond donors (Lipinski definition) is 1. The predicted octanol–water partition coefficient (Wildman–Crippen LogP) is 2.26. The third-order valence-electron chi connectivity index (χ3n) is 6.48. The third kappa shape index (κ3) is 2.14. The van der Waals surface area contributed by atoms with Crippen molar-refractivity contribution < 1.29 is 19.1 Å². The molecule has 2 saturated heterocycles.